The summed E-state index contributed by atoms with van der Waals surface area (Å²) in [4.78, 5) is 12.7. The highest BCUT2D eigenvalue weighted by molar-refractivity contribution is 6.30. The van der Waals surface area contributed by atoms with Crippen LogP contribution in [0.4, 0.5) is 0 Å². The van der Waals surface area contributed by atoms with Gasteiger partial charge in [0.15, 0.2) is 0 Å². The summed E-state index contributed by atoms with van der Waals surface area (Å²) in [6.07, 6.45) is 3.38. The van der Waals surface area contributed by atoms with Gasteiger partial charge >= 0.3 is 5.97 Å². The van der Waals surface area contributed by atoms with Crippen LogP contribution in [0.3, 0.4) is 0 Å². The zero-order valence-electron chi connectivity index (χ0n) is 19.6. The molecule has 0 aliphatic carbocycles. The summed E-state index contributed by atoms with van der Waals surface area (Å²) in [6, 6.07) is 14.3. The maximum atomic E-state index is 12.7. The average Bonchev–Trinajstić information content (AvgIpc) is 3.06. The number of nitrogens with zero attached hydrogens (tertiary/aromatic N) is 1. The second-order valence-electron chi connectivity index (χ2n) is 9.96. The van der Waals surface area contributed by atoms with Gasteiger partial charge in [-0.3, -0.25) is 9.28 Å². The summed E-state index contributed by atoms with van der Waals surface area (Å²) in [7, 11) is 2.24. The number of halogens is 1. The van der Waals surface area contributed by atoms with Gasteiger partial charge < -0.3 is 9.47 Å². The molecule has 0 aromatic heterocycles. The number of benzene rings is 2. The highest BCUT2D eigenvalue weighted by atomic mass is 35.5. The van der Waals surface area contributed by atoms with Crippen molar-refractivity contribution >= 4 is 17.6 Å². The average molecular weight is 457 g/mol. The summed E-state index contributed by atoms with van der Waals surface area (Å²) in [5.41, 5.74) is 2.38. The smallest absolute Gasteiger partial charge is 0.310 e. The minimum atomic E-state index is -0.174. The van der Waals surface area contributed by atoms with Crippen LogP contribution in [0.2, 0.25) is 5.02 Å². The molecule has 0 amide bonds. The lowest BCUT2D eigenvalue weighted by molar-refractivity contribution is -0.946. The van der Waals surface area contributed by atoms with Crippen molar-refractivity contribution in [3.8, 4) is 11.5 Å². The number of carbonyl (C=O) groups excluding carboxylic acids is 1. The van der Waals surface area contributed by atoms with Gasteiger partial charge in [-0.15, -0.1) is 0 Å². The first-order chi connectivity index (χ1) is 15.3. The number of likely N-dealkylation sites (tertiary alicyclic amines) is 1. The summed E-state index contributed by atoms with van der Waals surface area (Å²) in [5.74, 6) is 2.46. The number of fused-ring (bicyclic) bond motifs is 5. The molecule has 0 radical (unpaired) electrons. The van der Waals surface area contributed by atoms with E-state index < -0.39 is 0 Å². The Morgan fingerprint density at radius 3 is 2.50 bits per heavy atom. The molecule has 4 rings (SSSR count). The molecular formula is C27H35ClNO3+. The predicted molar refractivity (Wildman–Crippen MR) is 128 cm³/mol. The zero-order chi connectivity index (χ0) is 22.9. The molecule has 5 heteroatoms. The number of para-hydroxylation sites is 1. The van der Waals surface area contributed by atoms with Crippen molar-refractivity contribution < 1.29 is 18.8 Å². The first kappa shape index (κ1) is 23.1. The Bertz CT molecular complexity index is 975. The van der Waals surface area contributed by atoms with E-state index in [0.29, 0.717) is 10.9 Å². The Morgan fingerprint density at radius 1 is 1.09 bits per heavy atom. The fourth-order valence-corrected chi connectivity index (χ4v) is 5.84. The normalized spacial score (nSPS) is 24.7. The van der Waals surface area contributed by atoms with Crippen molar-refractivity contribution in [1.82, 2.24) is 0 Å². The van der Waals surface area contributed by atoms with Crippen LogP contribution in [0.5, 0.6) is 11.5 Å². The van der Waals surface area contributed by atoms with Gasteiger partial charge in [0.2, 0.25) is 6.23 Å². The number of esters is 1. The molecule has 2 aromatic rings. The lowest BCUT2D eigenvalue weighted by Gasteiger charge is -2.39. The van der Waals surface area contributed by atoms with E-state index >= 15 is 0 Å². The highest BCUT2D eigenvalue weighted by Gasteiger charge is 2.52. The molecule has 4 nitrogen and oxygen atoms in total. The highest BCUT2D eigenvalue weighted by Crippen LogP contribution is 2.52. The predicted octanol–water partition coefficient (Wildman–Crippen LogP) is 6.88. The fourth-order valence-electron chi connectivity index (χ4n) is 5.66. The lowest BCUT2D eigenvalue weighted by atomic mass is 9.84. The number of hydrogen-bond acceptors (Lipinski definition) is 3. The SMILES string of the molecule is CCCCCC(=O)OC(C(C)C)[N+]1(C)CC2c3ccccc3Oc3ccc(Cl)cc3C2C1. The van der Waals surface area contributed by atoms with E-state index in [1.807, 2.05) is 24.3 Å². The van der Waals surface area contributed by atoms with Gasteiger partial charge in [-0.1, -0.05) is 63.4 Å². The second-order valence-corrected chi connectivity index (χ2v) is 10.4. The largest absolute Gasteiger partial charge is 0.457 e. The number of quaternary nitrogens is 1. The summed E-state index contributed by atoms with van der Waals surface area (Å²) in [5, 5.41) is 0.723. The Morgan fingerprint density at radius 2 is 1.78 bits per heavy atom. The van der Waals surface area contributed by atoms with Crippen LogP contribution in [0, 0.1) is 5.92 Å². The van der Waals surface area contributed by atoms with E-state index in [-0.39, 0.29) is 30.0 Å². The molecule has 32 heavy (non-hydrogen) atoms. The van der Waals surface area contributed by atoms with Crippen LogP contribution >= 0.6 is 11.6 Å². The number of likely N-dealkylation sites (N-methyl/N-ethyl adjacent to an activating group) is 1. The molecule has 172 valence electrons. The molecule has 0 saturated carbocycles. The molecule has 2 aromatic carbocycles. The van der Waals surface area contributed by atoms with E-state index in [9.17, 15) is 4.79 Å². The van der Waals surface area contributed by atoms with Crippen LogP contribution in [0.25, 0.3) is 0 Å². The topological polar surface area (TPSA) is 35.5 Å². The second kappa shape index (κ2) is 9.44. The standard InChI is InChI=1S/C27H35ClNO3/c1-5-6-7-12-26(30)32-27(18(2)3)29(4)16-22-20-10-8-9-11-24(20)31-25-14-13-19(28)15-21(25)23(22)17-29/h8-11,13-15,18,22-23,27H,5-7,12,16-17H2,1-4H3/q+1. The fraction of sp³-hybridized carbons (Fsp3) is 0.519. The van der Waals surface area contributed by atoms with Gasteiger partial charge in [-0.2, -0.15) is 0 Å². The minimum Gasteiger partial charge on any atom is -0.457 e. The first-order valence-electron chi connectivity index (χ1n) is 11.9. The van der Waals surface area contributed by atoms with E-state index in [2.05, 4.69) is 46.0 Å². The first-order valence-corrected chi connectivity index (χ1v) is 12.3. The van der Waals surface area contributed by atoms with E-state index in [1.165, 1.54) is 5.56 Å². The number of rotatable bonds is 7. The van der Waals surface area contributed by atoms with Gasteiger partial charge in [0.25, 0.3) is 0 Å². The Labute approximate surface area is 197 Å². The minimum absolute atomic E-state index is 0.0734. The van der Waals surface area contributed by atoms with Gasteiger partial charge in [0, 0.05) is 40.3 Å². The van der Waals surface area contributed by atoms with E-state index in [1.54, 1.807) is 0 Å². The summed E-state index contributed by atoms with van der Waals surface area (Å²) in [6.45, 7) is 8.23. The van der Waals surface area contributed by atoms with Crippen molar-refractivity contribution in [2.75, 3.05) is 20.1 Å². The molecule has 0 bridgehead atoms. The molecule has 0 N–H and O–H groups in total. The quantitative estimate of drug-likeness (QED) is 0.259. The van der Waals surface area contributed by atoms with Crippen LogP contribution in [-0.4, -0.2) is 36.8 Å². The van der Waals surface area contributed by atoms with Crippen LogP contribution in [0.15, 0.2) is 42.5 Å². The Balaban J connectivity index is 1.67. The molecule has 0 spiro atoms. The van der Waals surface area contributed by atoms with Gasteiger partial charge in [0.1, 0.15) is 11.5 Å². The van der Waals surface area contributed by atoms with Crippen molar-refractivity contribution in [3.63, 3.8) is 0 Å². The Hall–Kier alpha value is -2.04. The van der Waals surface area contributed by atoms with Crippen molar-refractivity contribution in [1.29, 1.82) is 0 Å². The maximum Gasteiger partial charge on any atom is 0.310 e. The summed E-state index contributed by atoms with van der Waals surface area (Å²) >= 11 is 6.41. The Kier molecular flexibility index (Phi) is 6.83. The maximum absolute atomic E-state index is 12.7. The molecule has 4 unspecified atom stereocenters. The van der Waals surface area contributed by atoms with Crippen LogP contribution in [0.1, 0.15) is 69.4 Å². The monoisotopic (exact) mass is 456 g/mol. The molecule has 1 saturated heterocycles. The molecule has 2 aliphatic rings. The van der Waals surface area contributed by atoms with Crippen LogP contribution < -0.4 is 4.74 Å². The zero-order valence-corrected chi connectivity index (χ0v) is 20.4. The molecule has 2 heterocycles. The van der Waals surface area contributed by atoms with Gasteiger partial charge in [-0.25, -0.2) is 0 Å². The van der Waals surface area contributed by atoms with E-state index in [0.717, 1.165) is 54.4 Å². The third-order valence-corrected chi connectivity index (χ3v) is 7.28. The van der Waals surface area contributed by atoms with Crippen LogP contribution in [-0.2, 0) is 9.53 Å². The van der Waals surface area contributed by atoms with Gasteiger partial charge in [0.05, 0.1) is 20.1 Å². The molecule has 4 atom stereocenters. The third-order valence-electron chi connectivity index (χ3n) is 7.04. The van der Waals surface area contributed by atoms with Crippen molar-refractivity contribution in [2.24, 2.45) is 5.92 Å². The summed E-state index contributed by atoms with van der Waals surface area (Å²) < 4.78 is 13.2. The number of unbranched alkanes of at least 4 members (excludes halogenated alkanes) is 2. The third kappa shape index (κ3) is 4.53. The molecular weight excluding hydrogens is 422 g/mol. The number of carbonyl (C=O) groups is 1. The molecule has 1 fully saturated rings. The van der Waals surface area contributed by atoms with Crippen molar-refractivity contribution in [2.45, 2.75) is 64.5 Å². The van der Waals surface area contributed by atoms with Gasteiger partial charge in [-0.05, 0) is 30.7 Å². The van der Waals surface area contributed by atoms with Crippen molar-refractivity contribution in [3.05, 3.63) is 58.6 Å². The number of ether oxygens (including phenoxy) is 2. The molecule has 2 aliphatic heterocycles. The van der Waals surface area contributed by atoms with E-state index in [4.69, 9.17) is 21.1 Å². The number of hydrogen-bond donors (Lipinski definition) is 0. The lowest BCUT2D eigenvalue weighted by Crippen LogP contribution is -2.55.